The second-order valence-corrected chi connectivity index (χ2v) is 7.69. The second kappa shape index (κ2) is 9.06. The number of halogens is 3. The summed E-state index contributed by atoms with van der Waals surface area (Å²) in [5.74, 6) is 0.0391. The molecule has 0 saturated carbocycles. The molecule has 0 unspecified atom stereocenters. The van der Waals surface area contributed by atoms with Crippen LogP contribution >= 0.6 is 34.8 Å². The van der Waals surface area contributed by atoms with E-state index in [9.17, 15) is 8.42 Å². The van der Waals surface area contributed by atoms with Gasteiger partial charge in [-0.1, -0.05) is 41.7 Å². The Kier molecular flexibility index (Phi) is 8.13. The van der Waals surface area contributed by atoms with Crippen LogP contribution in [0.4, 0.5) is 5.69 Å². The van der Waals surface area contributed by atoms with Crippen LogP contribution in [0.1, 0.15) is 26.2 Å². The van der Waals surface area contributed by atoms with Gasteiger partial charge in [0, 0.05) is 0 Å². The van der Waals surface area contributed by atoms with Gasteiger partial charge >= 0.3 is 0 Å². The van der Waals surface area contributed by atoms with E-state index in [0.29, 0.717) is 6.42 Å². The maximum atomic E-state index is 12.0. The molecule has 0 aromatic heterocycles. The first-order valence-electron chi connectivity index (χ1n) is 6.71. The molecular weight excluding hydrogens is 355 g/mol. The molecule has 8 heteroatoms. The minimum absolute atomic E-state index is 0.0391. The fourth-order valence-corrected chi connectivity index (χ4v) is 3.50. The Morgan fingerprint density at radius 1 is 1.00 bits per heavy atom. The predicted octanol–water partition coefficient (Wildman–Crippen LogP) is 4.17. The molecule has 0 amide bonds. The van der Waals surface area contributed by atoms with Gasteiger partial charge in [0.15, 0.2) is 0 Å². The number of sulfonamides is 1. The Hall–Kier alpha value is -0.200. The lowest BCUT2D eigenvalue weighted by Gasteiger charge is -2.11. The van der Waals surface area contributed by atoms with Gasteiger partial charge in [-0.2, -0.15) is 0 Å². The molecule has 0 radical (unpaired) electrons. The SMILES string of the molecule is CCCNCCCCS(=O)(=O)Nc1cc(Cl)c(Cl)cc1Cl. The van der Waals surface area contributed by atoms with Gasteiger partial charge in [-0.3, -0.25) is 4.72 Å². The first kappa shape index (κ1) is 18.8. The summed E-state index contributed by atoms with van der Waals surface area (Å²) in [4.78, 5) is 0. The lowest BCUT2D eigenvalue weighted by molar-refractivity contribution is 0.590. The highest BCUT2D eigenvalue weighted by atomic mass is 35.5. The van der Waals surface area contributed by atoms with Crippen LogP contribution in [0.25, 0.3) is 0 Å². The number of anilines is 1. The van der Waals surface area contributed by atoms with Crippen LogP contribution in [0, 0.1) is 0 Å². The smallest absolute Gasteiger partial charge is 0.232 e. The van der Waals surface area contributed by atoms with Crippen LogP contribution in [-0.4, -0.2) is 27.3 Å². The predicted molar refractivity (Wildman–Crippen MR) is 91.3 cm³/mol. The van der Waals surface area contributed by atoms with Crippen molar-refractivity contribution in [1.82, 2.24) is 5.32 Å². The van der Waals surface area contributed by atoms with Gasteiger partial charge in [-0.25, -0.2) is 8.42 Å². The van der Waals surface area contributed by atoms with Gasteiger partial charge in [0.1, 0.15) is 0 Å². The third-order valence-electron chi connectivity index (χ3n) is 2.72. The Bertz CT molecular complexity index is 565. The van der Waals surface area contributed by atoms with Crippen molar-refractivity contribution in [3.8, 4) is 0 Å². The zero-order valence-corrected chi connectivity index (χ0v) is 14.8. The summed E-state index contributed by atoms with van der Waals surface area (Å²) >= 11 is 17.6. The normalized spacial score (nSPS) is 11.6. The Morgan fingerprint density at radius 2 is 1.67 bits per heavy atom. The van der Waals surface area contributed by atoms with E-state index in [0.717, 1.165) is 25.9 Å². The molecule has 4 nitrogen and oxygen atoms in total. The van der Waals surface area contributed by atoms with E-state index in [2.05, 4.69) is 17.0 Å². The molecule has 0 saturated heterocycles. The van der Waals surface area contributed by atoms with Crippen LogP contribution in [-0.2, 0) is 10.0 Å². The summed E-state index contributed by atoms with van der Waals surface area (Å²) in [5, 5.41) is 3.98. The van der Waals surface area contributed by atoms with Gasteiger partial charge in [0.25, 0.3) is 0 Å². The molecule has 1 aromatic rings. The molecule has 0 spiro atoms. The van der Waals surface area contributed by atoms with Crippen molar-refractivity contribution in [2.75, 3.05) is 23.6 Å². The summed E-state index contributed by atoms with van der Waals surface area (Å²) < 4.78 is 26.4. The molecule has 0 aliphatic carbocycles. The molecule has 0 aliphatic rings. The standard InChI is InChI=1S/C13H19Cl3N2O2S/c1-2-5-17-6-3-4-7-21(19,20)18-13-9-11(15)10(14)8-12(13)16/h8-9,17-18H,2-7H2,1H3. The maximum absolute atomic E-state index is 12.0. The van der Waals surface area contributed by atoms with Gasteiger partial charge in [-0.05, 0) is 44.5 Å². The van der Waals surface area contributed by atoms with Crippen LogP contribution < -0.4 is 10.0 Å². The highest BCUT2D eigenvalue weighted by Gasteiger charge is 2.14. The van der Waals surface area contributed by atoms with E-state index < -0.39 is 10.0 Å². The number of hydrogen-bond acceptors (Lipinski definition) is 3. The number of rotatable bonds is 9. The number of unbranched alkanes of at least 4 members (excludes halogenated alkanes) is 1. The maximum Gasteiger partial charge on any atom is 0.232 e. The Balaban J connectivity index is 2.51. The molecular formula is C13H19Cl3N2O2S. The molecule has 0 heterocycles. The van der Waals surface area contributed by atoms with Crippen LogP contribution in [0.5, 0.6) is 0 Å². The molecule has 2 N–H and O–H groups in total. The largest absolute Gasteiger partial charge is 0.317 e. The summed E-state index contributed by atoms with van der Waals surface area (Å²) in [6, 6.07) is 2.82. The zero-order chi connectivity index (χ0) is 15.9. The molecule has 120 valence electrons. The minimum atomic E-state index is -3.44. The number of benzene rings is 1. The van der Waals surface area contributed by atoms with E-state index in [1.165, 1.54) is 12.1 Å². The van der Waals surface area contributed by atoms with Crippen molar-refractivity contribution in [1.29, 1.82) is 0 Å². The molecule has 1 rings (SSSR count). The monoisotopic (exact) mass is 372 g/mol. The summed E-state index contributed by atoms with van der Waals surface area (Å²) in [7, 11) is -3.44. The van der Waals surface area contributed by atoms with Crippen molar-refractivity contribution in [2.45, 2.75) is 26.2 Å². The fourth-order valence-electron chi connectivity index (χ4n) is 1.66. The van der Waals surface area contributed by atoms with E-state index >= 15 is 0 Å². The number of hydrogen-bond donors (Lipinski definition) is 2. The lowest BCUT2D eigenvalue weighted by Crippen LogP contribution is -2.20. The molecule has 0 fully saturated rings. The van der Waals surface area contributed by atoms with Crippen LogP contribution in [0.3, 0.4) is 0 Å². The van der Waals surface area contributed by atoms with E-state index in [1.54, 1.807) is 0 Å². The van der Waals surface area contributed by atoms with Crippen molar-refractivity contribution in [3.63, 3.8) is 0 Å². The fraction of sp³-hybridized carbons (Fsp3) is 0.538. The highest BCUT2D eigenvalue weighted by Crippen LogP contribution is 2.32. The third kappa shape index (κ3) is 7.06. The van der Waals surface area contributed by atoms with Crippen molar-refractivity contribution in [2.24, 2.45) is 0 Å². The second-order valence-electron chi connectivity index (χ2n) is 4.62. The summed E-state index contributed by atoms with van der Waals surface area (Å²) in [6.45, 7) is 3.85. The highest BCUT2D eigenvalue weighted by molar-refractivity contribution is 7.92. The van der Waals surface area contributed by atoms with Crippen LogP contribution in [0.2, 0.25) is 15.1 Å². The summed E-state index contributed by atoms with van der Waals surface area (Å²) in [5.41, 5.74) is 0.246. The van der Waals surface area contributed by atoms with Crippen molar-refractivity contribution < 1.29 is 8.42 Å². The molecule has 0 aliphatic heterocycles. The van der Waals surface area contributed by atoms with Gasteiger partial charge in [-0.15, -0.1) is 0 Å². The topological polar surface area (TPSA) is 58.2 Å². The summed E-state index contributed by atoms with van der Waals surface area (Å²) in [6.07, 6.45) is 2.44. The van der Waals surface area contributed by atoms with Crippen molar-refractivity contribution in [3.05, 3.63) is 27.2 Å². The quantitative estimate of drug-likeness (QED) is 0.504. The van der Waals surface area contributed by atoms with Gasteiger partial charge in [0.05, 0.1) is 26.5 Å². The molecule has 1 aromatic carbocycles. The third-order valence-corrected chi connectivity index (χ3v) is 5.11. The van der Waals surface area contributed by atoms with Gasteiger partial charge in [0.2, 0.25) is 10.0 Å². The molecule has 0 bridgehead atoms. The number of nitrogens with one attached hydrogen (secondary N) is 2. The van der Waals surface area contributed by atoms with Crippen LogP contribution in [0.15, 0.2) is 12.1 Å². The minimum Gasteiger partial charge on any atom is -0.317 e. The lowest BCUT2D eigenvalue weighted by atomic mass is 10.3. The molecule has 0 atom stereocenters. The first-order valence-corrected chi connectivity index (χ1v) is 9.50. The zero-order valence-electron chi connectivity index (χ0n) is 11.8. The Labute approximate surface area is 141 Å². The average Bonchev–Trinajstić information content (AvgIpc) is 2.40. The van der Waals surface area contributed by atoms with E-state index in [1.807, 2.05) is 0 Å². The first-order chi connectivity index (χ1) is 9.85. The van der Waals surface area contributed by atoms with Gasteiger partial charge < -0.3 is 5.32 Å². The van der Waals surface area contributed by atoms with E-state index in [4.69, 9.17) is 34.8 Å². The van der Waals surface area contributed by atoms with E-state index in [-0.39, 0.29) is 26.5 Å². The average molecular weight is 374 g/mol. The Morgan fingerprint density at radius 3 is 2.33 bits per heavy atom. The van der Waals surface area contributed by atoms with Crippen molar-refractivity contribution >= 4 is 50.5 Å². The molecule has 21 heavy (non-hydrogen) atoms.